The Morgan fingerprint density at radius 1 is 1.14 bits per heavy atom. The summed E-state index contributed by atoms with van der Waals surface area (Å²) in [5.74, 6) is -0.155. The summed E-state index contributed by atoms with van der Waals surface area (Å²) in [5.41, 5.74) is -0.825. The molecule has 0 unspecified atom stereocenters. The van der Waals surface area contributed by atoms with Gasteiger partial charge in [0.25, 0.3) is 0 Å². The molecular formula is C16H30N2O4. The van der Waals surface area contributed by atoms with E-state index in [9.17, 15) is 9.59 Å². The molecule has 1 aliphatic rings. The van der Waals surface area contributed by atoms with Gasteiger partial charge in [-0.2, -0.15) is 0 Å². The van der Waals surface area contributed by atoms with Crippen LogP contribution in [0.5, 0.6) is 0 Å². The number of ether oxygens (including phenoxy) is 1. The summed E-state index contributed by atoms with van der Waals surface area (Å²) in [7, 11) is 0. The van der Waals surface area contributed by atoms with E-state index >= 15 is 0 Å². The molecule has 0 atom stereocenters. The van der Waals surface area contributed by atoms with Gasteiger partial charge in [0, 0.05) is 25.8 Å². The topological polar surface area (TPSA) is 67.9 Å². The summed E-state index contributed by atoms with van der Waals surface area (Å²) >= 11 is 0. The molecule has 0 radical (unpaired) electrons. The van der Waals surface area contributed by atoms with Crippen LogP contribution in [-0.2, 0) is 14.4 Å². The molecule has 0 spiro atoms. The van der Waals surface area contributed by atoms with Crippen molar-refractivity contribution in [2.75, 3.05) is 6.54 Å². The molecule has 6 heteroatoms. The summed E-state index contributed by atoms with van der Waals surface area (Å²) in [6, 6.07) is 0. The summed E-state index contributed by atoms with van der Waals surface area (Å²) in [5, 5.41) is 4.37. The van der Waals surface area contributed by atoms with Crippen LogP contribution >= 0.6 is 0 Å². The fraction of sp³-hybridized carbons (Fsp3) is 0.875. The maximum atomic E-state index is 11.8. The van der Waals surface area contributed by atoms with E-state index in [4.69, 9.17) is 9.57 Å². The van der Waals surface area contributed by atoms with E-state index in [1.165, 1.54) is 0 Å². The largest absolute Gasteiger partial charge is 0.462 e. The van der Waals surface area contributed by atoms with Crippen molar-refractivity contribution in [2.24, 2.45) is 0 Å². The van der Waals surface area contributed by atoms with E-state index in [0.717, 1.165) is 6.42 Å². The van der Waals surface area contributed by atoms with Gasteiger partial charge in [-0.1, -0.05) is 6.92 Å². The molecule has 128 valence electrons. The Morgan fingerprint density at radius 3 is 2.14 bits per heavy atom. The first-order chi connectivity index (χ1) is 10.1. The van der Waals surface area contributed by atoms with Crippen molar-refractivity contribution in [2.45, 2.75) is 84.4 Å². The molecule has 0 aromatic rings. The van der Waals surface area contributed by atoms with Crippen LogP contribution in [0.1, 0.15) is 67.2 Å². The van der Waals surface area contributed by atoms with Crippen LogP contribution in [0.25, 0.3) is 0 Å². The average molecular weight is 314 g/mol. The van der Waals surface area contributed by atoms with E-state index in [2.05, 4.69) is 5.32 Å². The molecule has 1 N–H and O–H groups in total. The predicted octanol–water partition coefficient (Wildman–Crippen LogP) is 3.01. The number of carbonyl (C=O) groups is 2. The molecule has 1 fully saturated rings. The highest BCUT2D eigenvalue weighted by Gasteiger charge is 2.49. The van der Waals surface area contributed by atoms with Crippen LogP contribution in [-0.4, -0.2) is 40.9 Å². The molecule has 1 saturated heterocycles. The van der Waals surface area contributed by atoms with E-state index in [1.54, 1.807) is 5.06 Å². The maximum absolute atomic E-state index is 11.8. The lowest BCUT2D eigenvalue weighted by Gasteiger charge is -2.52. The molecule has 1 aliphatic heterocycles. The summed E-state index contributed by atoms with van der Waals surface area (Å²) in [4.78, 5) is 29.0. The lowest BCUT2D eigenvalue weighted by atomic mass is 9.80. The van der Waals surface area contributed by atoms with Crippen LogP contribution in [0.15, 0.2) is 0 Å². The third kappa shape index (κ3) is 4.87. The molecule has 0 bridgehead atoms. The van der Waals surface area contributed by atoms with Crippen LogP contribution in [0.4, 0.5) is 4.79 Å². The number of amides is 1. The summed E-state index contributed by atoms with van der Waals surface area (Å²) in [6.07, 6.45) is 1.88. The lowest BCUT2D eigenvalue weighted by Crippen LogP contribution is -2.63. The van der Waals surface area contributed by atoms with Gasteiger partial charge in [-0.25, -0.2) is 4.79 Å². The number of rotatable bonds is 5. The average Bonchev–Trinajstić information content (AvgIpc) is 2.33. The zero-order valence-electron chi connectivity index (χ0n) is 14.7. The van der Waals surface area contributed by atoms with E-state index in [1.807, 2.05) is 41.5 Å². The number of hydrogen-bond acceptors (Lipinski definition) is 5. The van der Waals surface area contributed by atoms with Crippen molar-refractivity contribution in [3.8, 4) is 0 Å². The van der Waals surface area contributed by atoms with Gasteiger partial charge >= 0.3 is 12.1 Å². The highest BCUT2D eigenvalue weighted by atomic mass is 16.7. The van der Waals surface area contributed by atoms with Crippen molar-refractivity contribution in [3.63, 3.8) is 0 Å². The first-order valence-corrected chi connectivity index (χ1v) is 8.08. The van der Waals surface area contributed by atoms with E-state index in [-0.39, 0.29) is 12.1 Å². The van der Waals surface area contributed by atoms with Gasteiger partial charge in [0.2, 0.25) is 0 Å². The predicted molar refractivity (Wildman–Crippen MR) is 84.2 cm³/mol. The van der Waals surface area contributed by atoms with Crippen LogP contribution < -0.4 is 5.32 Å². The first-order valence-electron chi connectivity index (χ1n) is 8.08. The summed E-state index contributed by atoms with van der Waals surface area (Å²) < 4.78 is 5.58. The zero-order valence-corrected chi connectivity index (χ0v) is 14.7. The molecule has 1 rings (SSSR count). The fourth-order valence-corrected chi connectivity index (χ4v) is 3.21. The lowest BCUT2D eigenvalue weighted by molar-refractivity contribution is -0.256. The number of carbonyl (C=O) groups excluding carboxylic acids is 2. The smallest absolute Gasteiger partial charge is 0.426 e. The first kappa shape index (κ1) is 18.7. The number of hydrogen-bond donors (Lipinski definition) is 1. The van der Waals surface area contributed by atoms with Crippen molar-refractivity contribution in [3.05, 3.63) is 0 Å². The van der Waals surface area contributed by atoms with Gasteiger partial charge in [0.1, 0.15) is 6.10 Å². The van der Waals surface area contributed by atoms with Gasteiger partial charge in [0.15, 0.2) is 0 Å². The summed E-state index contributed by atoms with van der Waals surface area (Å²) in [6.45, 7) is 12.3. The molecule has 0 aromatic carbocycles. The fourth-order valence-electron chi connectivity index (χ4n) is 3.21. The third-order valence-electron chi connectivity index (χ3n) is 3.80. The van der Waals surface area contributed by atoms with Crippen molar-refractivity contribution < 1.29 is 19.2 Å². The Labute approximate surface area is 133 Å². The van der Waals surface area contributed by atoms with Crippen LogP contribution in [0.2, 0.25) is 0 Å². The molecule has 1 amide bonds. The molecule has 0 saturated carbocycles. The standard InChI is InChI=1S/C16H30N2O4/c1-7-9-13(19)21-12-10-15(3,4)18(16(5,6)11-12)22-14(20)17-8-2/h12H,7-11H2,1-6H3,(H,17,20). The van der Waals surface area contributed by atoms with Crippen molar-refractivity contribution >= 4 is 12.1 Å². The van der Waals surface area contributed by atoms with Gasteiger partial charge in [-0.05, 0) is 41.0 Å². The van der Waals surface area contributed by atoms with Gasteiger partial charge in [-0.15, -0.1) is 5.06 Å². The van der Waals surface area contributed by atoms with Crippen LogP contribution in [0, 0.1) is 0 Å². The Kier molecular flexibility index (Phi) is 6.23. The Balaban J connectivity index is 2.79. The second-order valence-electron chi connectivity index (χ2n) is 7.10. The second-order valence-corrected chi connectivity index (χ2v) is 7.10. The highest BCUT2D eigenvalue weighted by molar-refractivity contribution is 5.69. The zero-order chi connectivity index (χ0) is 17.0. The highest BCUT2D eigenvalue weighted by Crippen LogP contribution is 2.39. The minimum Gasteiger partial charge on any atom is -0.462 e. The molecule has 22 heavy (non-hydrogen) atoms. The molecular weight excluding hydrogens is 284 g/mol. The number of nitrogens with zero attached hydrogens (tertiary/aromatic N) is 1. The Hall–Kier alpha value is -1.30. The molecule has 1 heterocycles. The molecule has 0 aliphatic carbocycles. The van der Waals surface area contributed by atoms with Crippen LogP contribution in [0.3, 0.4) is 0 Å². The number of hydroxylamine groups is 2. The monoisotopic (exact) mass is 314 g/mol. The van der Waals surface area contributed by atoms with Gasteiger partial charge in [0.05, 0.1) is 11.1 Å². The number of piperidine rings is 1. The normalized spacial score (nSPS) is 21.2. The minimum absolute atomic E-state index is 0.155. The minimum atomic E-state index is -0.454. The van der Waals surface area contributed by atoms with Crippen molar-refractivity contribution in [1.29, 1.82) is 0 Å². The molecule has 0 aromatic heterocycles. The van der Waals surface area contributed by atoms with E-state index in [0.29, 0.717) is 25.8 Å². The number of nitrogens with one attached hydrogen (secondary N) is 1. The maximum Gasteiger partial charge on any atom is 0.426 e. The van der Waals surface area contributed by atoms with Gasteiger partial charge in [-0.3, -0.25) is 4.79 Å². The number of esters is 1. The quantitative estimate of drug-likeness (QED) is 0.790. The van der Waals surface area contributed by atoms with Crippen molar-refractivity contribution in [1.82, 2.24) is 10.4 Å². The Morgan fingerprint density at radius 2 is 1.68 bits per heavy atom. The van der Waals surface area contributed by atoms with E-state index < -0.39 is 17.2 Å². The SMILES string of the molecule is CCCC(=O)OC1CC(C)(C)N(OC(=O)NCC)C(C)(C)C1. The third-order valence-corrected chi connectivity index (χ3v) is 3.80. The van der Waals surface area contributed by atoms with Gasteiger partial charge < -0.3 is 14.9 Å². The second kappa shape index (κ2) is 7.31. The Bertz CT molecular complexity index is 389. The molecule has 6 nitrogen and oxygen atoms in total.